The minimum absolute atomic E-state index is 0.0368. The number of ether oxygens (including phenoxy) is 4. The topological polar surface area (TPSA) is 189 Å². The van der Waals surface area contributed by atoms with Gasteiger partial charge in [0.15, 0.2) is 11.9 Å². The van der Waals surface area contributed by atoms with Gasteiger partial charge >= 0.3 is 11.9 Å². The summed E-state index contributed by atoms with van der Waals surface area (Å²) in [5.74, 6) is -3.07. The average Bonchev–Trinajstić information content (AvgIpc) is 2.94. The lowest BCUT2D eigenvalue weighted by Crippen LogP contribution is -2.61. The molecule has 0 spiro atoms. The van der Waals surface area contributed by atoms with Crippen LogP contribution >= 0.6 is 0 Å². The molecule has 5 N–H and O–H groups in total. The van der Waals surface area contributed by atoms with Gasteiger partial charge in [-0.15, -0.1) is 0 Å². The molecule has 1 saturated heterocycles. The fourth-order valence-corrected chi connectivity index (χ4v) is 4.15. The van der Waals surface area contributed by atoms with Crippen LogP contribution in [0.3, 0.4) is 0 Å². The van der Waals surface area contributed by atoms with E-state index >= 15 is 0 Å². The molecule has 0 amide bonds. The Hall–Kier alpha value is -3.81. The number of carbonyl (C=O) groups is 3. The van der Waals surface area contributed by atoms with Crippen molar-refractivity contribution >= 4 is 17.7 Å². The van der Waals surface area contributed by atoms with Crippen molar-refractivity contribution in [3.8, 4) is 11.5 Å². The fraction of sp³-hybridized carbons (Fsp3) is 0.370. The van der Waals surface area contributed by atoms with Gasteiger partial charge in [0.1, 0.15) is 36.4 Å². The van der Waals surface area contributed by atoms with E-state index in [9.17, 15) is 39.9 Å². The number of carbonyl (C=O) groups excluding carboxylic acids is 3. The van der Waals surface area contributed by atoms with Gasteiger partial charge in [-0.1, -0.05) is 24.3 Å². The van der Waals surface area contributed by atoms with Crippen molar-refractivity contribution in [2.45, 2.75) is 55.8 Å². The molecule has 2 aromatic rings. The van der Waals surface area contributed by atoms with Crippen molar-refractivity contribution < 1.29 is 58.9 Å². The summed E-state index contributed by atoms with van der Waals surface area (Å²) in [6.45, 7) is -1.25. The molecule has 1 aliphatic carbocycles. The second-order valence-corrected chi connectivity index (χ2v) is 9.06. The normalized spacial score (nSPS) is 28.5. The zero-order valence-electron chi connectivity index (χ0n) is 20.6. The molecule has 6 atom stereocenters. The molecular weight excluding hydrogens is 516 g/mol. The first-order chi connectivity index (χ1) is 18.6. The van der Waals surface area contributed by atoms with Gasteiger partial charge in [0.25, 0.3) is 0 Å². The van der Waals surface area contributed by atoms with Crippen molar-refractivity contribution in [1.82, 2.24) is 0 Å². The van der Waals surface area contributed by atoms with Crippen LogP contribution in [0.1, 0.15) is 28.8 Å². The zero-order chi connectivity index (χ0) is 28.2. The van der Waals surface area contributed by atoms with Gasteiger partial charge < -0.3 is 44.5 Å². The molecule has 0 bridgehead atoms. The summed E-state index contributed by atoms with van der Waals surface area (Å²) in [6, 6.07) is 11.6. The lowest BCUT2D eigenvalue weighted by Gasteiger charge is -2.41. The average molecular weight is 545 g/mol. The summed E-state index contributed by atoms with van der Waals surface area (Å²) < 4.78 is 22.0. The standard InChI is InChI=1S/C27H28O12/c28-13-19-21(31)22(32)23(39-24(33)15-6-2-1-3-7-15)25(38-19)37-18-10-9-17(29)12-16(18)14-36-26(34)27(35)11-5-4-8-20(27)30/h1-3,5-7,9-12,19,21-23,25,28-29,31-32,35H,4,8,13-14H2/t19-,21-,22+,23-,25-,27+/m1/s1. The van der Waals surface area contributed by atoms with Crippen molar-refractivity contribution in [2.24, 2.45) is 0 Å². The SMILES string of the molecule is O=C(O[C@H]1[C@H](Oc2ccc(O)cc2COC(=O)[C@]2(O)C=CCCC2=O)O[C@H](CO)[C@@H](O)[C@@H]1O)c1ccccc1. The number of aliphatic hydroxyl groups is 4. The Morgan fingerprint density at radius 1 is 1.08 bits per heavy atom. The second-order valence-electron chi connectivity index (χ2n) is 9.06. The molecule has 208 valence electrons. The number of hydrogen-bond donors (Lipinski definition) is 5. The maximum absolute atomic E-state index is 12.7. The quantitative estimate of drug-likeness (QED) is 0.172. The van der Waals surface area contributed by atoms with E-state index in [0.717, 1.165) is 6.08 Å². The molecule has 1 heterocycles. The van der Waals surface area contributed by atoms with Crippen LogP contribution < -0.4 is 4.74 Å². The van der Waals surface area contributed by atoms with Gasteiger partial charge in [-0.2, -0.15) is 0 Å². The number of ketones is 1. The molecule has 1 aliphatic heterocycles. The highest BCUT2D eigenvalue weighted by Gasteiger charge is 2.48. The summed E-state index contributed by atoms with van der Waals surface area (Å²) >= 11 is 0. The molecule has 4 rings (SSSR count). The Bertz CT molecular complexity index is 1230. The molecule has 0 aromatic heterocycles. The van der Waals surface area contributed by atoms with E-state index in [0.29, 0.717) is 6.42 Å². The number of phenolic OH excluding ortho intramolecular Hbond substituents is 1. The Morgan fingerprint density at radius 2 is 1.82 bits per heavy atom. The minimum atomic E-state index is -2.44. The first kappa shape index (κ1) is 28.2. The number of aliphatic hydroxyl groups excluding tert-OH is 3. The van der Waals surface area contributed by atoms with Crippen LogP contribution in [0.2, 0.25) is 0 Å². The summed E-state index contributed by atoms with van der Waals surface area (Å²) in [5.41, 5.74) is -2.21. The molecule has 12 heteroatoms. The van der Waals surface area contributed by atoms with Crippen molar-refractivity contribution in [3.63, 3.8) is 0 Å². The van der Waals surface area contributed by atoms with Gasteiger partial charge in [-0.05, 0) is 42.8 Å². The summed E-state index contributed by atoms with van der Waals surface area (Å²) in [6.07, 6.45) is -4.87. The zero-order valence-corrected chi connectivity index (χ0v) is 20.6. The third-order valence-electron chi connectivity index (χ3n) is 6.36. The van der Waals surface area contributed by atoms with Crippen LogP contribution in [0, 0.1) is 0 Å². The molecular formula is C27H28O12. The summed E-state index contributed by atoms with van der Waals surface area (Å²) in [4.78, 5) is 37.3. The van der Waals surface area contributed by atoms with Gasteiger partial charge in [-0.25, -0.2) is 9.59 Å². The van der Waals surface area contributed by atoms with Crippen LogP contribution in [-0.4, -0.2) is 86.2 Å². The Balaban J connectivity index is 1.56. The number of rotatable bonds is 8. The third kappa shape index (κ3) is 6.10. The first-order valence-electron chi connectivity index (χ1n) is 12.1. The van der Waals surface area contributed by atoms with Crippen LogP contribution in [0.5, 0.6) is 11.5 Å². The highest BCUT2D eigenvalue weighted by Crippen LogP contribution is 2.31. The number of hydrogen-bond acceptors (Lipinski definition) is 12. The molecule has 12 nitrogen and oxygen atoms in total. The van der Waals surface area contributed by atoms with E-state index in [4.69, 9.17) is 18.9 Å². The molecule has 0 saturated carbocycles. The van der Waals surface area contributed by atoms with E-state index in [1.165, 1.54) is 36.4 Å². The second kappa shape index (κ2) is 11.9. The van der Waals surface area contributed by atoms with Crippen molar-refractivity contribution in [1.29, 1.82) is 0 Å². The number of aromatic hydroxyl groups is 1. The van der Waals surface area contributed by atoms with Gasteiger partial charge in [0, 0.05) is 12.0 Å². The predicted molar refractivity (Wildman–Crippen MR) is 130 cm³/mol. The number of esters is 2. The summed E-state index contributed by atoms with van der Waals surface area (Å²) in [5, 5.41) is 51.1. The van der Waals surface area contributed by atoms with E-state index in [1.807, 2.05) is 0 Å². The smallest absolute Gasteiger partial charge is 0.350 e. The molecule has 2 aromatic carbocycles. The number of allylic oxidation sites excluding steroid dienone is 1. The highest BCUT2D eigenvalue weighted by atomic mass is 16.7. The maximum atomic E-state index is 12.7. The highest BCUT2D eigenvalue weighted by molar-refractivity contribution is 6.09. The van der Waals surface area contributed by atoms with Crippen LogP contribution in [-0.2, 0) is 30.4 Å². The monoisotopic (exact) mass is 544 g/mol. The predicted octanol–water partition coefficient (Wildman–Crippen LogP) is 0.129. The van der Waals surface area contributed by atoms with E-state index in [2.05, 4.69) is 0 Å². The molecule has 0 radical (unpaired) electrons. The van der Waals surface area contributed by atoms with Gasteiger partial charge in [0.05, 0.1) is 12.2 Å². The number of Topliss-reactive ketones (excluding diaryl/α,β-unsaturated/α-hetero) is 1. The van der Waals surface area contributed by atoms with Crippen LogP contribution in [0.4, 0.5) is 0 Å². The fourth-order valence-electron chi connectivity index (χ4n) is 4.15. The molecule has 0 unspecified atom stereocenters. The van der Waals surface area contributed by atoms with Crippen LogP contribution in [0.25, 0.3) is 0 Å². The number of phenols is 1. The Kier molecular flexibility index (Phi) is 8.63. The summed E-state index contributed by atoms with van der Waals surface area (Å²) in [7, 11) is 0. The lowest BCUT2D eigenvalue weighted by atomic mass is 9.90. The maximum Gasteiger partial charge on any atom is 0.350 e. The minimum Gasteiger partial charge on any atom is -0.508 e. The van der Waals surface area contributed by atoms with E-state index < -0.39 is 67.2 Å². The van der Waals surface area contributed by atoms with E-state index in [-0.39, 0.29) is 29.0 Å². The van der Waals surface area contributed by atoms with Gasteiger partial charge in [-0.3, -0.25) is 4.79 Å². The van der Waals surface area contributed by atoms with E-state index in [1.54, 1.807) is 18.2 Å². The Morgan fingerprint density at radius 3 is 2.51 bits per heavy atom. The van der Waals surface area contributed by atoms with Crippen molar-refractivity contribution in [2.75, 3.05) is 6.61 Å². The molecule has 39 heavy (non-hydrogen) atoms. The molecule has 1 fully saturated rings. The van der Waals surface area contributed by atoms with Crippen molar-refractivity contribution in [3.05, 3.63) is 71.8 Å². The largest absolute Gasteiger partial charge is 0.508 e. The molecule has 2 aliphatic rings. The number of benzene rings is 2. The first-order valence-corrected chi connectivity index (χ1v) is 12.1. The van der Waals surface area contributed by atoms with Gasteiger partial charge in [0.2, 0.25) is 11.9 Å². The van der Waals surface area contributed by atoms with Crippen LogP contribution in [0.15, 0.2) is 60.7 Å². The lowest BCUT2D eigenvalue weighted by molar-refractivity contribution is -0.276. The third-order valence-corrected chi connectivity index (χ3v) is 6.36. The Labute approximate surface area is 222 Å².